The zero-order valence-corrected chi connectivity index (χ0v) is 22.0. The molecule has 2 aliphatic rings. The Morgan fingerprint density at radius 2 is 1.11 bits per heavy atom. The second kappa shape index (κ2) is 14.3. The van der Waals surface area contributed by atoms with Crippen LogP contribution in [0.5, 0.6) is 0 Å². The first-order valence-electron chi connectivity index (χ1n) is 9.21. The average Bonchev–Trinajstić information content (AvgIpc) is 3.18. The van der Waals surface area contributed by atoms with Crippen molar-refractivity contribution in [3.63, 3.8) is 0 Å². The summed E-state index contributed by atoms with van der Waals surface area (Å²) in [4.78, 5) is 0. The first-order chi connectivity index (χ1) is 12.5. The molecule has 2 aromatic rings. The minimum absolute atomic E-state index is 0. The number of rotatable bonds is 0. The van der Waals surface area contributed by atoms with Gasteiger partial charge in [-0.2, -0.15) is 46.5 Å². The summed E-state index contributed by atoms with van der Waals surface area (Å²) >= 11 is 1.74. The first-order valence-corrected chi connectivity index (χ1v) is 15.4. The topological polar surface area (TPSA) is 0 Å². The van der Waals surface area contributed by atoms with Gasteiger partial charge in [-0.15, -0.1) is 36.4 Å². The first kappa shape index (κ1) is 27.3. The molecule has 4 heteroatoms. The largest absolute Gasteiger partial charge is 1.00 e. The van der Waals surface area contributed by atoms with Crippen molar-refractivity contribution in [2.24, 2.45) is 0 Å². The van der Waals surface area contributed by atoms with Crippen molar-refractivity contribution in [3.05, 3.63) is 95.1 Å². The molecule has 0 nitrogen and oxygen atoms in total. The van der Waals surface area contributed by atoms with Crippen LogP contribution in [0, 0.1) is 0 Å². The molecule has 0 heterocycles. The van der Waals surface area contributed by atoms with Crippen LogP contribution in [0.1, 0.15) is 47.9 Å². The van der Waals surface area contributed by atoms with E-state index in [2.05, 4.69) is 112 Å². The summed E-state index contributed by atoms with van der Waals surface area (Å²) in [6, 6.07) is 12.9. The second-order valence-electron chi connectivity index (χ2n) is 6.94. The van der Waals surface area contributed by atoms with Crippen LogP contribution in [0.25, 0.3) is 12.2 Å². The zero-order valence-electron chi connectivity index (χ0n) is 17.0. The molecule has 0 spiro atoms. The number of halogens is 2. The van der Waals surface area contributed by atoms with Crippen LogP contribution < -0.4 is 24.8 Å². The fourth-order valence-corrected chi connectivity index (χ4v) is 3.02. The van der Waals surface area contributed by atoms with Gasteiger partial charge < -0.3 is 24.8 Å². The Morgan fingerprint density at radius 3 is 1.46 bits per heavy atom. The van der Waals surface area contributed by atoms with Gasteiger partial charge in [0.15, 0.2) is 0 Å². The summed E-state index contributed by atoms with van der Waals surface area (Å²) in [5.74, 6) is 1.13. The molecule has 0 bridgehead atoms. The van der Waals surface area contributed by atoms with Crippen LogP contribution in [-0.4, -0.2) is 5.43 Å². The Hall–Kier alpha value is -0.660. The monoisotopic (exact) mass is 504 g/mol. The Morgan fingerprint density at radius 1 is 0.750 bits per heavy atom. The maximum absolute atomic E-state index is 2.31. The number of fused-ring (bicyclic) bond motifs is 2. The van der Waals surface area contributed by atoms with Gasteiger partial charge in [0.05, 0.1) is 0 Å². The van der Waals surface area contributed by atoms with E-state index >= 15 is 0 Å². The molecule has 0 fully saturated rings. The summed E-state index contributed by atoms with van der Waals surface area (Å²) in [5.41, 5.74) is 5.82. The molecule has 2 aliphatic carbocycles. The van der Waals surface area contributed by atoms with E-state index in [4.69, 9.17) is 0 Å². The molecule has 28 heavy (non-hydrogen) atoms. The number of hydrogen-bond acceptors (Lipinski definition) is 0. The van der Waals surface area contributed by atoms with Gasteiger partial charge >= 0.3 is 41.9 Å². The SMILES string of the molecule is CC1C=CC=Cc2[cH-]ccc21.CC1C=CC=Cc2[cH-]ccc21.C[Si](C)=[Zr+2].[Cl-].[Cl-]. The van der Waals surface area contributed by atoms with Crippen molar-refractivity contribution < 1.29 is 48.1 Å². The molecule has 2 atom stereocenters. The van der Waals surface area contributed by atoms with Crippen LogP contribution >= 0.6 is 0 Å². The molecule has 0 saturated heterocycles. The van der Waals surface area contributed by atoms with Crippen LogP contribution in [0.3, 0.4) is 0 Å². The molecule has 4 rings (SSSR count). The van der Waals surface area contributed by atoms with Gasteiger partial charge in [-0.1, -0.05) is 38.2 Å². The molecule has 0 N–H and O–H groups in total. The smallest absolute Gasteiger partial charge is 1.00 e. The molecule has 2 unspecified atom stereocenters. The van der Waals surface area contributed by atoms with E-state index < -0.39 is 0 Å². The molecule has 0 saturated carbocycles. The third-order valence-electron chi connectivity index (χ3n) is 4.32. The second-order valence-corrected chi connectivity index (χ2v) is 16.3. The molecule has 0 aliphatic heterocycles. The molecule has 0 radical (unpaired) electrons. The maximum atomic E-state index is 2.31. The normalized spacial score (nSPS) is 17.8. The van der Waals surface area contributed by atoms with Crippen molar-refractivity contribution in [1.82, 2.24) is 0 Å². The minimum atomic E-state index is 0. The number of allylic oxidation sites excluding steroid dienone is 6. The van der Waals surface area contributed by atoms with E-state index in [1.807, 2.05) is 0 Å². The Bertz CT molecular complexity index is 768. The van der Waals surface area contributed by atoms with Gasteiger partial charge in [0.2, 0.25) is 0 Å². The van der Waals surface area contributed by atoms with E-state index in [0.29, 0.717) is 11.8 Å². The van der Waals surface area contributed by atoms with Gasteiger partial charge in [0, 0.05) is 0 Å². The summed E-state index contributed by atoms with van der Waals surface area (Å²) in [7, 11) is 0. The van der Waals surface area contributed by atoms with Crippen LogP contribution in [-0.2, 0) is 23.3 Å². The van der Waals surface area contributed by atoms with E-state index in [9.17, 15) is 0 Å². The summed E-state index contributed by atoms with van der Waals surface area (Å²) < 4.78 is 0. The van der Waals surface area contributed by atoms with Gasteiger partial charge in [-0.05, 0) is 11.8 Å². The molecular weight excluding hydrogens is 478 g/mol. The van der Waals surface area contributed by atoms with Crippen LogP contribution in [0.4, 0.5) is 0 Å². The molecular formula is C24H28Cl2SiZr-2. The van der Waals surface area contributed by atoms with Gasteiger partial charge in [-0.25, -0.2) is 0 Å². The van der Waals surface area contributed by atoms with E-state index in [1.165, 1.54) is 22.3 Å². The molecule has 0 amide bonds. The van der Waals surface area contributed by atoms with Crippen molar-refractivity contribution in [1.29, 1.82) is 0 Å². The molecule has 148 valence electrons. The van der Waals surface area contributed by atoms with Crippen molar-refractivity contribution >= 4 is 17.6 Å². The molecule has 2 aromatic carbocycles. The summed E-state index contributed by atoms with van der Waals surface area (Å²) in [6.45, 7) is 9.07. The quantitative estimate of drug-likeness (QED) is 0.369. The number of hydrogen-bond donors (Lipinski definition) is 0. The maximum Gasteiger partial charge on any atom is -1.00 e. The zero-order chi connectivity index (χ0) is 18.9. The van der Waals surface area contributed by atoms with Gasteiger partial charge in [-0.3, -0.25) is 0 Å². The third-order valence-corrected chi connectivity index (χ3v) is 4.32. The summed E-state index contributed by atoms with van der Waals surface area (Å²) in [6.07, 6.45) is 17.2. The van der Waals surface area contributed by atoms with Crippen molar-refractivity contribution in [3.8, 4) is 0 Å². The Kier molecular flexibility index (Phi) is 14.0. The van der Waals surface area contributed by atoms with Crippen molar-refractivity contribution in [2.45, 2.75) is 38.8 Å². The minimum Gasteiger partial charge on any atom is -1.00 e. The molecule has 0 aromatic heterocycles. The fraction of sp³-hybridized carbons (Fsp3) is 0.250. The average molecular weight is 507 g/mol. The van der Waals surface area contributed by atoms with E-state index in [0.717, 1.165) is 0 Å². The van der Waals surface area contributed by atoms with Gasteiger partial charge in [0.1, 0.15) is 0 Å². The van der Waals surface area contributed by atoms with Crippen molar-refractivity contribution in [2.75, 3.05) is 0 Å². The van der Waals surface area contributed by atoms with E-state index in [1.54, 1.807) is 23.3 Å². The van der Waals surface area contributed by atoms with Gasteiger partial charge in [0.25, 0.3) is 0 Å². The standard InChI is InChI=1S/2C11H11.C2H6Si.2ClH.Zr/c2*1-9-5-2-3-6-10-7-4-8-11(9)10;1-3-2;;;/h2*2-9H,1H3;1-2H3;2*1H;/q2*-1;;;;+2/p-2. The third kappa shape index (κ3) is 8.78. The van der Waals surface area contributed by atoms with Crippen LogP contribution in [0.15, 0.2) is 72.9 Å². The Labute approximate surface area is 198 Å². The van der Waals surface area contributed by atoms with E-state index in [-0.39, 0.29) is 30.2 Å². The fourth-order valence-electron chi connectivity index (χ4n) is 3.02. The Balaban J connectivity index is 0.000000415. The predicted molar refractivity (Wildman–Crippen MR) is 115 cm³/mol. The predicted octanol–water partition coefficient (Wildman–Crippen LogP) is 0.976. The van der Waals surface area contributed by atoms with Crippen LogP contribution in [0.2, 0.25) is 13.1 Å². The summed E-state index contributed by atoms with van der Waals surface area (Å²) in [5, 5.41) is 0.